The van der Waals surface area contributed by atoms with Crippen LogP contribution in [-0.2, 0) is 0 Å². The second-order valence-electron chi connectivity index (χ2n) is 10.2. The highest BCUT2D eigenvalue weighted by molar-refractivity contribution is 8.20. The smallest absolute Gasteiger partial charge is 0.134 e. The minimum absolute atomic E-state index is 0.150. The van der Waals surface area contributed by atoms with E-state index in [9.17, 15) is 0 Å². The number of rotatable bonds is 18. The molecular formula is C32H44N2O2S2. The summed E-state index contributed by atoms with van der Waals surface area (Å²) >= 11 is 3.54. The zero-order valence-corrected chi connectivity index (χ0v) is 24.8. The molecule has 206 valence electrons. The molecule has 0 unspecified atom stereocenters. The van der Waals surface area contributed by atoms with E-state index in [0.717, 1.165) is 58.8 Å². The third-order valence-electron chi connectivity index (χ3n) is 6.93. The molecule has 2 atom stereocenters. The third-order valence-corrected chi connectivity index (χ3v) is 9.44. The van der Waals surface area contributed by atoms with Gasteiger partial charge in [-0.3, -0.25) is 9.98 Å². The summed E-state index contributed by atoms with van der Waals surface area (Å²) in [7, 11) is 0. The molecule has 4 rings (SSSR count). The maximum absolute atomic E-state index is 5.94. The first kappa shape index (κ1) is 29.1. The van der Waals surface area contributed by atoms with E-state index in [2.05, 4.69) is 62.4 Å². The molecule has 0 bridgehead atoms. The number of nitrogens with zero attached hydrogens (tertiary/aromatic N) is 2. The zero-order valence-electron chi connectivity index (χ0n) is 23.2. The van der Waals surface area contributed by atoms with Gasteiger partial charge in [-0.2, -0.15) is 0 Å². The largest absolute Gasteiger partial charge is 0.494 e. The molecule has 38 heavy (non-hydrogen) atoms. The molecule has 4 nitrogen and oxygen atoms in total. The number of hydrogen-bond donors (Lipinski definition) is 0. The van der Waals surface area contributed by atoms with Crippen molar-refractivity contribution in [3.8, 4) is 11.5 Å². The van der Waals surface area contributed by atoms with E-state index in [1.165, 1.54) is 64.2 Å². The minimum atomic E-state index is 0.150. The Morgan fingerprint density at radius 1 is 0.526 bits per heavy atom. The van der Waals surface area contributed by atoms with Crippen molar-refractivity contribution >= 4 is 33.6 Å². The highest BCUT2D eigenvalue weighted by atomic mass is 32.2. The summed E-state index contributed by atoms with van der Waals surface area (Å²) in [6, 6.07) is 16.8. The fourth-order valence-corrected chi connectivity index (χ4v) is 7.12. The van der Waals surface area contributed by atoms with Gasteiger partial charge in [0.1, 0.15) is 32.3 Å². The lowest BCUT2D eigenvalue weighted by atomic mass is 10.1. The Bertz CT molecular complexity index is 937. The molecule has 0 saturated heterocycles. The highest BCUT2D eigenvalue weighted by Crippen LogP contribution is 2.43. The van der Waals surface area contributed by atoms with Gasteiger partial charge in [-0.15, -0.1) is 0 Å². The Kier molecular flexibility index (Phi) is 12.4. The van der Waals surface area contributed by atoms with Crippen molar-refractivity contribution in [2.24, 2.45) is 9.98 Å². The lowest BCUT2D eigenvalue weighted by molar-refractivity contribution is 0.304. The van der Waals surface area contributed by atoms with Crippen LogP contribution in [0.5, 0.6) is 11.5 Å². The van der Waals surface area contributed by atoms with Crippen LogP contribution in [0.1, 0.15) is 102 Å². The molecule has 2 aromatic carbocycles. The quantitative estimate of drug-likeness (QED) is 0.173. The predicted octanol–water partition coefficient (Wildman–Crippen LogP) is 9.50. The first-order valence-electron chi connectivity index (χ1n) is 14.7. The van der Waals surface area contributed by atoms with Gasteiger partial charge < -0.3 is 9.47 Å². The van der Waals surface area contributed by atoms with Crippen LogP contribution in [0.2, 0.25) is 0 Å². The summed E-state index contributed by atoms with van der Waals surface area (Å²) in [5.74, 6) is 1.89. The Labute approximate surface area is 238 Å². The molecular weight excluding hydrogens is 508 g/mol. The van der Waals surface area contributed by atoms with E-state index < -0.39 is 0 Å². The number of fused-ring (bicyclic) bond motifs is 1. The van der Waals surface area contributed by atoms with Crippen molar-refractivity contribution in [2.45, 2.75) is 102 Å². The standard InChI is InChI=1S/C32H44N2O2S2/c1-3-5-7-9-11-13-23-35-27-19-15-25(16-20-27)29-33-31-32(37-29)34-30(38-31)26-17-21-28(22-18-26)36-24-14-12-10-8-6-4-2/h15-22,31-32H,3-14,23-24H2,1-2H3/t31-,32-/m0/s1. The summed E-state index contributed by atoms with van der Waals surface area (Å²) in [6.07, 6.45) is 15.4. The number of thioether (sulfide) groups is 2. The summed E-state index contributed by atoms with van der Waals surface area (Å²) in [5, 5.41) is 2.46. The summed E-state index contributed by atoms with van der Waals surface area (Å²) in [5.41, 5.74) is 2.31. The minimum Gasteiger partial charge on any atom is -0.494 e. The van der Waals surface area contributed by atoms with E-state index in [0.29, 0.717) is 0 Å². The Morgan fingerprint density at radius 2 is 0.895 bits per heavy atom. The Hall–Kier alpha value is -1.92. The fourth-order valence-electron chi connectivity index (χ4n) is 4.63. The Balaban J connectivity index is 1.17. The number of ether oxygens (including phenoxy) is 2. The molecule has 2 aliphatic rings. The van der Waals surface area contributed by atoms with Crippen LogP contribution in [0.3, 0.4) is 0 Å². The molecule has 0 radical (unpaired) electrons. The predicted molar refractivity (Wildman–Crippen MR) is 166 cm³/mol. The van der Waals surface area contributed by atoms with E-state index in [-0.39, 0.29) is 10.7 Å². The molecule has 2 aromatic rings. The van der Waals surface area contributed by atoms with Gasteiger partial charge in [0.05, 0.1) is 13.2 Å². The Morgan fingerprint density at radius 3 is 1.29 bits per heavy atom. The van der Waals surface area contributed by atoms with Crippen LogP contribution < -0.4 is 9.47 Å². The third kappa shape index (κ3) is 9.08. The lowest BCUT2D eigenvalue weighted by Crippen LogP contribution is -2.03. The molecule has 0 amide bonds. The van der Waals surface area contributed by atoms with Gasteiger partial charge in [0, 0.05) is 11.1 Å². The topological polar surface area (TPSA) is 43.2 Å². The summed E-state index contributed by atoms with van der Waals surface area (Å²) < 4.78 is 11.9. The van der Waals surface area contributed by atoms with E-state index >= 15 is 0 Å². The second kappa shape index (κ2) is 16.2. The number of aliphatic imine (C=N–C) groups is 2. The van der Waals surface area contributed by atoms with Crippen LogP contribution in [-0.4, -0.2) is 34.0 Å². The van der Waals surface area contributed by atoms with Crippen LogP contribution >= 0.6 is 23.5 Å². The molecule has 2 aliphatic heterocycles. The molecule has 0 aromatic heterocycles. The van der Waals surface area contributed by atoms with Crippen molar-refractivity contribution in [2.75, 3.05) is 13.2 Å². The monoisotopic (exact) mass is 552 g/mol. The fraction of sp³-hybridized carbons (Fsp3) is 0.562. The van der Waals surface area contributed by atoms with E-state index in [1.807, 2.05) is 0 Å². The zero-order chi connectivity index (χ0) is 26.4. The van der Waals surface area contributed by atoms with E-state index in [4.69, 9.17) is 19.5 Å². The van der Waals surface area contributed by atoms with E-state index in [1.54, 1.807) is 23.5 Å². The maximum atomic E-state index is 5.94. The summed E-state index contributed by atoms with van der Waals surface area (Å²) in [6.45, 7) is 6.11. The molecule has 0 fully saturated rings. The normalized spacial score (nSPS) is 18.3. The first-order valence-corrected chi connectivity index (χ1v) is 16.5. The van der Waals surface area contributed by atoms with Crippen LogP contribution in [0.4, 0.5) is 0 Å². The number of hydrogen-bond acceptors (Lipinski definition) is 6. The van der Waals surface area contributed by atoms with Crippen molar-refractivity contribution in [3.05, 3.63) is 59.7 Å². The molecule has 2 heterocycles. The SMILES string of the molecule is CCCCCCCCOc1ccc(C2=N[C@H]3SC(c4ccc(OCCCCCCCC)cc4)=N[C@H]3S2)cc1. The number of unbranched alkanes of at least 4 members (excludes halogenated alkanes) is 10. The van der Waals surface area contributed by atoms with Gasteiger partial charge >= 0.3 is 0 Å². The van der Waals surface area contributed by atoms with Crippen molar-refractivity contribution < 1.29 is 9.47 Å². The molecule has 6 heteroatoms. The maximum Gasteiger partial charge on any atom is 0.134 e. The molecule has 0 N–H and O–H groups in total. The van der Waals surface area contributed by atoms with Crippen LogP contribution in [0.25, 0.3) is 0 Å². The van der Waals surface area contributed by atoms with Crippen LogP contribution in [0.15, 0.2) is 58.5 Å². The number of benzene rings is 2. The van der Waals surface area contributed by atoms with Crippen LogP contribution in [0, 0.1) is 0 Å². The molecule has 0 spiro atoms. The van der Waals surface area contributed by atoms with Gasteiger partial charge in [0.2, 0.25) is 0 Å². The lowest BCUT2D eigenvalue weighted by Gasteiger charge is -2.08. The van der Waals surface area contributed by atoms with Crippen molar-refractivity contribution in [3.63, 3.8) is 0 Å². The van der Waals surface area contributed by atoms with Crippen molar-refractivity contribution in [1.82, 2.24) is 0 Å². The average molecular weight is 553 g/mol. The molecule has 0 aliphatic carbocycles. The van der Waals surface area contributed by atoms with Crippen molar-refractivity contribution in [1.29, 1.82) is 0 Å². The van der Waals surface area contributed by atoms with Gasteiger partial charge in [-0.25, -0.2) is 0 Å². The molecule has 0 saturated carbocycles. The second-order valence-corrected chi connectivity index (χ2v) is 12.4. The highest BCUT2D eigenvalue weighted by Gasteiger charge is 2.37. The average Bonchev–Trinajstić information content (AvgIpc) is 3.53. The van der Waals surface area contributed by atoms with Gasteiger partial charge in [0.25, 0.3) is 0 Å². The van der Waals surface area contributed by atoms with Gasteiger partial charge in [-0.1, -0.05) is 102 Å². The summed E-state index contributed by atoms with van der Waals surface area (Å²) in [4.78, 5) is 9.99. The first-order chi connectivity index (χ1) is 18.8. The van der Waals surface area contributed by atoms with Gasteiger partial charge in [-0.05, 0) is 61.4 Å². The van der Waals surface area contributed by atoms with Gasteiger partial charge in [0.15, 0.2) is 0 Å².